The third-order valence-corrected chi connectivity index (χ3v) is 3.33. The first kappa shape index (κ1) is 15.4. The highest BCUT2D eigenvalue weighted by atomic mass is 35.5. The molecule has 112 valence electrons. The van der Waals surface area contributed by atoms with Gasteiger partial charge in [-0.3, -0.25) is 4.79 Å². The van der Waals surface area contributed by atoms with Crippen LogP contribution >= 0.6 is 11.6 Å². The zero-order valence-electron chi connectivity index (χ0n) is 12.1. The Balaban J connectivity index is 1.91. The largest absolute Gasteiger partial charge is 0.481 e. The zero-order chi connectivity index (χ0) is 15.4. The zero-order valence-corrected chi connectivity index (χ0v) is 12.9. The normalized spacial score (nSPS) is 12.0. The first-order valence-corrected chi connectivity index (χ1v) is 6.97. The van der Waals surface area contributed by atoms with Crippen molar-refractivity contribution in [2.75, 3.05) is 0 Å². The van der Waals surface area contributed by atoms with Gasteiger partial charge >= 0.3 is 0 Å². The second kappa shape index (κ2) is 6.63. The number of aromatic nitrogens is 1. The number of ether oxygens (including phenoxy) is 1. The number of nitrogens with one attached hydrogen (secondary N) is 1. The van der Waals surface area contributed by atoms with Crippen molar-refractivity contribution in [3.05, 3.63) is 46.3 Å². The number of benzene rings is 1. The fourth-order valence-electron chi connectivity index (χ4n) is 1.87. The van der Waals surface area contributed by atoms with Crippen LogP contribution in [-0.2, 0) is 11.3 Å². The van der Waals surface area contributed by atoms with Crippen LogP contribution in [0.1, 0.15) is 23.9 Å². The van der Waals surface area contributed by atoms with Gasteiger partial charge in [0, 0.05) is 17.1 Å². The number of rotatable bonds is 5. The van der Waals surface area contributed by atoms with Crippen LogP contribution in [0.5, 0.6) is 5.75 Å². The number of aryl methyl sites for hydroxylation is 2. The van der Waals surface area contributed by atoms with E-state index in [9.17, 15) is 4.79 Å². The summed E-state index contributed by atoms with van der Waals surface area (Å²) in [6.07, 6.45) is -0.621. The van der Waals surface area contributed by atoms with Crippen LogP contribution in [0.3, 0.4) is 0 Å². The Labute approximate surface area is 128 Å². The molecule has 1 N–H and O–H groups in total. The molecular formula is C15H17ClN2O3. The fraction of sp³-hybridized carbons (Fsp3) is 0.333. The van der Waals surface area contributed by atoms with Crippen molar-refractivity contribution in [3.8, 4) is 5.75 Å². The number of hydrogen-bond acceptors (Lipinski definition) is 4. The molecule has 0 fully saturated rings. The van der Waals surface area contributed by atoms with E-state index in [-0.39, 0.29) is 5.91 Å². The molecule has 2 aromatic rings. The van der Waals surface area contributed by atoms with E-state index in [4.69, 9.17) is 20.9 Å². The van der Waals surface area contributed by atoms with E-state index >= 15 is 0 Å². The van der Waals surface area contributed by atoms with E-state index < -0.39 is 6.10 Å². The molecule has 1 amide bonds. The summed E-state index contributed by atoms with van der Waals surface area (Å²) in [6.45, 7) is 5.70. The topological polar surface area (TPSA) is 64.4 Å². The van der Waals surface area contributed by atoms with Crippen molar-refractivity contribution < 1.29 is 14.1 Å². The maximum absolute atomic E-state index is 12.0. The summed E-state index contributed by atoms with van der Waals surface area (Å²) in [7, 11) is 0. The summed E-state index contributed by atoms with van der Waals surface area (Å²) < 4.78 is 10.6. The lowest BCUT2D eigenvalue weighted by Gasteiger charge is -2.14. The number of hydrogen-bond donors (Lipinski definition) is 1. The minimum atomic E-state index is -0.621. The van der Waals surface area contributed by atoms with Crippen LogP contribution in [0, 0.1) is 13.8 Å². The maximum atomic E-state index is 12.0. The van der Waals surface area contributed by atoms with Crippen LogP contribution in [0.4, 0.5) is 0 Å². The highest BCUT2D eigenvalue weighted by molar-refractivity contribution is 6.30. The van der Waals surface area contributed by atoms with Gasteiger partial charge in [-0.2, -0.15) is 0 Å². The first-order valence-electron chi connectivity index (χ1n) is 6.59. The maximum Gasteiger partial charge on any atom is 0.261 e. The Morgan fingerprint density at radius 1 is 1.48 bits per heavy atom. The molecule has 0 bridgehead atoms. The van der Waals surface area contributed by atoms with Gasteiger partial charge in [-0.15, -0.1) is 0 Å². The molecule has 1 aromatic heterocycles. The summed E-state index contributed by atoms with van der Waals surface area (Å²) in [5, 5.41) is 7.21. The van der Waals surface area contributed by atoms with Crippen molar-refractivity contribution >= 4 is 17.5 Å². The van der Waals surface area contributed by atoms with Gasteiger partial charge in [-0.05, 0) is 39.0 Å². The van der Waals surface area contributed by atoms with Crippen LogP contribution < -0.4 is 10.1 Å². The lowest BCUT2D eigenvalue weighted by atomic mass is 10.2. The fourth-order valence-corrected chi connectivity index (χ4v) is 2.05. The Bertz CT molecular complexity index is 620. The van der Waals surface area contributed by atoms with Gasteiger partial charge in [0.2, 0.25) is 0 Å². The molecule has 2 rings (SSSR count). The Kier molecular flexibility index (Phi) is 4.85. The van der Waals surface area contributed by atoms with Crippen molar-refractivity contribution in [2.45, 2.75) is 33.4 Å². The molecule has 0 saturated heterocycles. The van der Waals surface area contributed by atoms with Crippen LogP contribution in [0.15, 0.2) is 28.8 Å². The minimum absolute atomic E-state index is 0.213. The Morgan fingerprint density at radius 2 is 2.24 bits per heavy atom. The molecule has 6 heteroatoms. The van der Waals surface area contributed by atoms with Gasteiger partial charge < -0.3 is 14.6 Å². The Hall–Kier alpha value is -2.01. The van der Waals surface area contributed by atoms with Crippen molar-refractivity contribution in [1.29, 1.82) is 0 Å². The van der Waals surface area contributed by atoms with Crippen LogP contribution in [0.25, 0.3) is 0 Å². The second-order valence-corrected chi connectivity index (χ2v) is 5.17. The molecular weight excluding hydrogens is 292 g/mol. The molecule has 21 heavy (non-hydrogen) atoms. The van der Waals surface area contributed by atoms with Crippen LogP contribution in [0.2, 0.25) is 5.02 Å². The van der Waals surface area contributed by atoms with Gasteiger partial charge in [-0.25, -0.2) is 0 Å². The summed E-state index contributed by atoms with van der Waals surface area (Å²) >= 11 is 5.87. The molecule has 0 radical (unpaired) electrons. The van der Waals surface area contributed by atoms with Gasteiger partial charge in [0.1, 0.15) is 11.5 Å². The molecule has 5 nitrogen and oxygen atoms in total. The molecule has 1 aromatic carbocycles. The third-order valence-electron chi connectivity index (χ3n) is 3.10. The van der Waals surface area contributed by atoms with E-state index in [1.165, 1.54) is 0 Å². The Morgan fingerprint density at radius 3 is 2.86 bits per heavy atom. The van der Waals surface area contributed by atoms with Gasteiger partial charge in [-0.1, -0.05) is 22.8 Å². The average Bonchev–Trinajstić information content (AvgIpc) is 2.75. The number of amides is 1. The van der Waals surface area contributed by atoms with E-state index in [2.05, 4.69) is 10.5 Å². The smallest absolute Gasteiger partial charge is 0.261 e. The first-order chi connectivity index (χ1) is 9.97. The highest BCUT2D eigenvalue weighted by Crippen LogP contribution is 2.18. The molecule has 0 spiro atoms. The molecule has 0 saturated carbocycles. The lowest BCUT2D eigenvalue weighted by molar-refractivity contribution is -0.127. The summed E-state index contributed by atoms with van der Waals surface area (Å²) in [6, 6.07) is 6.94. The molecule has 0 unspecified atom stereocenters. The van der Waals surface area contributed by atoms with Gasteiger partial charge in [0.15, 0.2) is 6.10 Å². The molecule has 0 aliphatic rings. The predicted molar refractivity (Wildman–Crippen MR) is 79.4 cm³/mol. The molecule has 1 heterocycles. The number of halogens is 1. The summed E-state index contributed by atoms with van der Waals surface area (Å²) in [5.74, 6) is 1.05. The van der Waals surface area contributed by atoms with E-state index in [1.807, 2.05) is 13.8 Å². The number of nitrogens with zero attached hydrogens (tertiary/aromatic N) is 1. The number of carbonyl (C=O) groups is 1. The molecule has 0 aliphatic carbocycles. The quantitative estimate of drug-likeness (QED) is 0.922. The lowest BCUT2D eigenvalue weighted by Crippen LogP contribution is -2.36. The van der Waals surface area contributed by atoms with E-state index in [1.54, 1.807) is 31.2 Å². The number of carbonyl (C=O) groups excluding carboxylic acids is 1. The standard InChI is InChI=1S/C15H17ClN2O3/c1-9-14(10(2)21-18-9)8-17-15(19)11(3)20-13-6-4-5-12(16)7-13/h4-7,11H,8H2,1-3H3,(H,17,19)/t11-/m1/s1. The second-order valence-electron chi connectivity index (χ2n) is 4.74. The van der Waals surface area contributed by atoms with Crippen molar-refractivity contribution in [1.82, 2.24) is 10.5 Å². The summed E-state index contributed by atoms with van der Waals surface area (Å²) in [5.41, 5.74) is 1.66. The average molecular weight is 309 g/mol. The van der Waals surface area contributed by atoms with Crippen molar-refractivity contribution in [3.63, 3.8) is 0 Å². The highest BCUT2D eigenvalue weighted by Gasteiger charge is 2.16. The predicted octanol–water partition coefficient (Wildman–Crippen LogP) is 3.03. The van der Waals surface area contributed by atoms with E-state index in [0.29, 0.717) is 23.1 Å². The monoisotopic (exact) mass is 308 g/mol. The van der Waals surface area contributed by atoms with Gasteiger partial charge in [0.25, 0.3) is 5.91 Å². The van der Waals surface area contributed by atoms with Crippen LogP contribution in [-0.4, -0.2) is 17.2 Å². The van der Waals surface area contributed by atoms with Gasteiger partial charge in [0.05, 0.1) is 5.69 Å². The SMILES string of the molecule is Cc1noc(C)c1CNC(=O)[C@@H](C)Oc1cccc(Cl)c1. The minimum Gasteiger partial charge on any atom is -0.481 e. The third kappa shape index (κ3) is 3.98. The molecule has 1 atom stereocenters. The molecule has 0 aliphatic heterocycles. The van der Waals surface area contributed by atoms with Crippen molar-refractivity contribution in [2.24, 2.45) is 0 Å². The summed E-state index contributed by atoms with van der Waals surface area (Å²) in [4.78, 5) is 12.0. The van der Waals surface area contributed by atoms with E-state index in [0.717, 1.165) is 11.3 Å².